The van der Waals surface area contributed by atoms with Gasteiger partial charge >= 0.3 is 0 Å². The van der Waals surface area contributed by atoms with Gasteiger partial charge in [-0.25, -0.2) is 4.98 Å². The number of amides is 1. The zero-order chi connectivity index (χ0) is 15.4. The van der Waals surface area contributed by atoms with E-state index >= 15 is 0 Å². The Morgan fingerprint density at radius 1 is 1.41 bits per heavy atom. The largest absolute Gasteiger partial charge is 0.355 e. The Balaban J connectivity index is 1.38. The number of hydrogen-bond acceptors (Lipinski definition) is 4. The first-order chi connectivity index (χ1) is 10.7. The highest BCUT2D eigenvalue weighted by molar-refractivity contribution is 7.99. The number of thioether (sulfide) groups is 1. The molecule has 1 aliphatic rings. The zero-order valence-electron chi connectivity index (χ0n) is 12.6. The molecular formula is C16H20N4OS. The van der Waals surface area contributed by atoms with Crippen LogP contribution in [0.4, 0.5) is 0 Å². The molecule has 22 heavy (non-hydrogen) atoms. The highest BCUT2D eigenvalue weighted by atomic mass is 32.2. The Labute approximate surface area is 134 Å². The van der Waals surface area contributed by atoms with Gasteiger partial charge in [0.05, 0.1) is 5.75 Å². The van der Waals surface area contributed by atoms with Crippen molar-refractivity contribution in [3.63, 3.8) is 0 Å². The number of carbonyl (C=O) groups excluding carboxylic acids is 1. The number of H-pyrrole nitrogens is 1. The number of aromatic amines is 1. The SMILES string of the molecule is Cc1ccccc1CCNC(=O)CSc1n[nH]c(C2CC2)n1. The Kier molecular flexibility index (Phi) is 4.77. The van der Waals surface area contributed by atoms with Crippen LogP contribution in [0.15, 0.2) is 29.4 Å². The maximum Gasteiger partial charge on any atom is 0.230 e. The van der Waals surface area contributed by atoms with Crippen LogP contribution in [-0.4, -0.2) is 33.4 Å². The normalized spacial score (nSPS) is 14.0. The predicted octanol–water partition coefficient (Wildman–Crippen LogP) is 2.44. The molecule has 2 N–H and O–H groups in total. The van der Waals surface area contributed by atoms with Crippen LogP contribution in [-0.2, 0) is 11.2 Å². The molecule has 116 valence electrons. The van der Waals surface area contributed by atoms with Crippen molar-refractivity contribution in [2.45, 2.75) is 37.3 Å². The van der Waals surface area contributed by atoms with Gasteiger partial charge in [0.15, 0.2) is 0 Å². The smallest absolute Gasteiger partial charge is 0.230 e. The van der Waals surface area contributed by atoms with Gasteiger partial charge < -0.3 is 5.32 Å². The Morgan fingerprint density at radius 3 is 3.00 bits per heavy atom. The van der Waals surface area contributed by atoms with Crippen molar-refractivity contribution < 1.29 is 4.79 Å². The van der Waals surface area contributed by atoms with Gasteiger partial charge in [0.1, 0.15) is 5.82 Å². The van der Waals surface area contributed by atoms with Crippen LogP contribution in [0, 0.1) is 6.92 Å². The van der Waals surface area contributed by atoms with Gasteiger partial charge in [-0.1, -0.05) is 36.0 Å². The second-order valence-electron chi connectivity index (χ2n) is 5.59. The summed E-state index contributed by atoms with van der Waals surface area (Å²) in [5.74, 6) is 1.90. The predicted molar refractivity (Wildman–Crippen MR) is 87.0 cm³/mol. The van der Waals surface area contributed by atoms with Crippen molar-refractivity contribution in [1.29, 1.82) is 0 Å². The molecule has 0 radical (unpaired) electrons. The van der Waals surface area contributed by atoms with Gasteiger partial charge in [0.2, 0.25) is 11.1 Å². The molecule has 1 amide bonds. The molecule has 1 aromatic heterocycles. The van der Waals surface area contributed by atoms with Crippen LogP contribution in [0.2, 0.25) is 0 Å². The number of carbonyl (C=O) groups is 1. The molecule has 1 aliphatic carbocycles. The van der Waals surface area contributed by atoms with Crippen LogP contribution in [0.3, 0.4) is 0 Å². The third kappa shape index (κ3) is 4.10. The molecule has 3 rings (SSSR count). The summed E-state index contributed by atoms with van der Waals surface area (Å²) in [6.45, 7) is 2.75. The molecule has 1 heterocycles. The van der Waals surface area contributed by atoms with Crippen molar-refractivity contribution in [2.24, 2.45) is 0 Å². The fourth-order valence-electron chi connectivity index (χ4n) is 2.27. The molecule has 0 unspecified atom stereocenters. The fourth-order valence-corrected chi connectivity index (χ4v) is 2.91. The summed E-state index contributed by atoms with van der Waals surface area (Å²) in [6.07, 6.45) is 3.24. The van der Waals surface area contributed by atoms with Crippen LogP contribution < -0.4 is 5.32 Å². The minimum atomic E-state index is 0.0244. The summed E-state index contributed by atoms with van der Waals surface area (Å²) < 4.78 is 0. The number of hydrogen-bond donors (Lipinski definition) is 2. The van der Waals surface area contributed by atoms with Gasteiger partial charge in [-0.2, -0.15) is 0 Å². The zero-order valence-corrected chi connectivity index (χ0v) is 13.4. The molecule has 0 saturated heterocycles. The molecule has 0 atom stereocenters. The van der Waals surface area contributed by atoms with E-state index in [0.29, 0.717) is 23.4 Å². The van der Waals surface area contributed by atoms with Crippen molar-refractivity contribution in [3.05, 3.63) is 41.2 Å². The topological polar surface area (TPSA) is 70.7 Å². The van der Waals surface area contributed by atoms with Gasteiger partial charge in [-0.15, -0.1) is 5.10 Å². The standard InChI is InChI=1S/C16H20N4OS/c1-11-4-2-3-5-12(11)8-9-17-14(21)10-22-16-18-15(19-20-16)13-6-7-13/h2-5,13H,6-10H2,1H3,(H,17,21)(H,18,19,20). The minimum absolute atomic E-state index is 0.0244. The van der Waals surface area contributed by atoms with Crippen LogP contribution in [0.5, 0.6) is 0 Å². The summed E-state index contributed by atoms with van der Waals surface area (Å²) in [5.41, 5.74) is 2.54. The third-order valence-corrected chi connectivity index (χ3v) is 4.60. The molecule has 1 fully saturated rings. The maximum atomic E-state index is 11.8. The Bertz CT molecular complexity index is 651. The van der Waals surface area contributed by atoms with E-state index in [1.165, 1.54) is 35.7 Å². The van der Waals surface area contributed by atoms with E-state index in [1.54, 1.807) is 0 Å². The minimum Gasteiger partial charge on any atom is -0.355 e. The van der Waals surface area contributed by atoms with E-state index in [4.69, 9.17) is 0 Å². The second-order valence-corrected chi connectivity index (χ2v) is 6.54. The number of aryl methyl sites for hydroxylation is 1. The summed E-state index contributed by atoms with van der Waals surface area (Å²) in [6, 6.07) is 8.25. The highest BCUT2D eigenvalue weighted by Gasteiger charge is 2.27. The second kappa shape index (κ2) is 6.96. The molecule has 2 aromatic rings. The van der Waals surface area contributed by atoms with E-state index in [2.05, 4.69) is 39.6 Å². The molecule has 0 spiro atoms. The number of nitrogens with zero attached hydrogens (tertiary/aromatic N) is 2. The number of rotatable bonds is 7. The average Bonchev–Trinajstić information content (AvgIpc) is 3.26. The highest BCUT2D eigenvalue weighted by Crippen LogP contribution is 2.38. The van der Waals surface area contributed by atoms with Crippen molar-refractivity contribution in [2.75, 3.05) is 12.3 Å². The Hall–Kier alpha value is -1.82. The quantitative estimate of drug-likeness (QED) is 0.770. The molecule has 1 saturated carbocycles. The third-order valence-electron chi connectivity index (χ3n) is 3.76. The van der Waals surface area contributed by atoms with Crippen LogP contribution >= 0.6 is 11.8 Å². The molecular weight excluding hydrogens is 296 g/mol. The molecule has 6 heteroatoms. The first-order valence-electron chi connectivity index (χ1n) is 7.58. The average molecular weight is 316 g/mol. The van der Waals surface area contributed by atoms with Crippen molar-refractivity contribution in [1.82, 2.24) is 20.5 Å². The first kappa shape index (κ1) is 15.1. The fraction of sp³-hybridized carbons (Fsp3) is 0.438. The van der Waals surface area contributed by atoms with Crippen molar-refractivity contribution >= 4 is 17.7 Å². The van der Waals surface area contributed by atoms with Crippen LogP contribution in [0.25, 0.3) is 0 Å². The molecule has 0 aliphatic heterocycles. The number of nitrogens with one attached hydrogen (secondary N) is 2. The van der Waals surface area contributed by atoms with Gasteiger partial charge in [0.25, 0.3) is 0 Å². The lowest BCUT2D eigenvalue weighted by atomic mass is 10.1. The van der Waals surface area contributed by atoms with E-state index in [-0.39, 0.29) is 5.91 Å². The molecule has 0 bridgehead atoms. The summed E-state index contributed by atoms with van der Waals surface area (Å²) >= 11 is 1.38. The van der Waals surface area contributed by atoms with E-state index in [0.717, 1.165) is 12.2 Å². The van der Waals surface area contributed by atoms with Crippen LogP contribution in [0.1, 0.15) is 35.7 Å². The monoisotopic (exact) mass is 316 g/mol. The molecule has 5 nitrogen and oxygen atoms in total. The summed E-state index contributed by atoms with van der Waals surface area (Å²) in [7, 11) is 0. The molecule has 1 aromatic carbocycles. The summed E-state index contributed by atoms with van der Waals surface area (Å²) in [4.78, 5) is 16.2. The van der Waals surface area contributed by atoms with E-state index < -0.39 is 0 Å². The summed E-state index contributed by atoms with van der Waals surface area (Å²) in [5, 5.41) is 10.7. The van der Waals surface area contributed by atoms with Crippen molar-refractivity contribution in [3.8, 4) is 0 Å². The number of aromatic nitrogens is 3. The van der Waals surface area contributed by atoms with E-state index in [9.17, 15) is 4.79 Å². The van der Waals surface area contributed by atoms with E-state index in [1.807, 2.05) is 12.1 Å². The maximum absolute atomic E-state index is 11.8. The first-order valence-corrected chi connectivity index (χ1v) is 8.57. The number of benzene rings is 1. The van der Waals surface area contributed by atoms with Gasteiger partial charge in [-0.05, 0) is 37.3 Å². The Morgan fingerprint density at radius 2 is 2.23 bits per heavy atom. The van der Waals surface area contributed by atoms with Gasteiger partial charge in [0, 0.05) is 12.5 Å². The van der Waals surface area contributed by atoms with Gasteiger partial charge in [-0.3, -0.25) is 9.89 Å². The lowest BCUT2D eigenvalue weighted by Gasteiger charge is -2.06. The lowest BCUT2D eigenvalue weighted by molar-refractivity contribution is -0.118. The lowest BCUT2D eigenvalue weighted by Crippen LogP contribution is -2.27.